The third-order valence-electron chi connectivity index (χ3n) is 4.82. The number of nitrogens with zero attached hydrogens (tertiary/aromatic N) is 4. The predicted molar refractivity (Wildman–Crippen MR) is 140 cm³/mol. The van der Waals surface area contributed by atoms with E-state index in [2.05, 4.69) is 36.1 Å². The lowest BCUT2D eigenvalue weighted by Crippen LogP contribution is -2.07. The molecule has 0 bridgehead atoms. The molecule has 9 heteroatoms. The summed E-state index contributed by atoms with van der Waals surface area (Å²) < 4.78 is 5.84. The number of hydrogen-bond donors (Lipinski definition) is 3. The van der Waals surface area contributed by atoms with Crippen molar-refractivity contribution in [2.45, 2.75) is 0 Å². The highest BCUT2D eigenvalue weighted by molar-refractivity contribution is 6.33. The number of hydrogen-bond acceptors (Lipinski definition) is 8. The molecule has 3 N–H and O–H groups in total. The highest BCUT2D eigenvalue weighted by Gasteiger charge is 2.09. The van der Waals surface area contributed by atoms with Gasteiger partial charge in [-0.25, -0.2) is 5.43 Å². The SMILES string of the molecule is Clc1ccccc1-c1ccc(C=NNc2nc(Nc3ccccc3)nc(Nc3ccccc3)n2)o1. The number of anilines is 5. The van der Waals surface area contributed by atoms with E-state index in [1.54, 1.807) is 6.21 Å². The topological polar surface area (TPSA) is 100 Å². The molecule has 35 heavy (non-hydrogen) atoms. The molecule has 0 aliphatic carbocycles. The molecule has 0 fully saturated rings. The van der Waals surface area contributed by atoms with Gasteiger partial charge < -0.3 is 15.1 Å². The molecule has 5 aromatic rings. The summed E-state index contributed by atoms with van der Waals surface area (Å²) in [6.45, 7) is 0. The first kappa shape index (κ1) is 22.1. The summed E-state index contributed by atoms with van der Waals surface area (Å²) in [7, 11) is 0. The van der Waals surface area contributed by atoms with Gasteiger partial charge in [0.1, 0.15) is 11.5 Å². The van der Waals surface area contributed by atoms with Crippen molar-refractivity contribution in [2.24, 2.45) is 5.10 Å². The van der Waals surface area contributed by atoms with E-state index in [1.807, 2.05) is 97.1 Å². The van der Waals surface area contributed by atoms with Crippen LogP contribution in [0.2, 0.25) is 5.02 Å². The molecular weight excluding hydrogens is 462 g/mol. The van der Waals surface area contributed by atoms with Crippen LogP contribution in [0.5, 0.6) is 0 Å². The standard InChI is InChI=1S/C26H20ClN7O/c27-22-14-8-7-13-21(22)23-16-15-20(35-23)17-28-34-26-32-24(29-18-9-3-1-4-10-18)31-25(33-26)30-19-11-5-2-6-12-19/h1-17H,(H3,29,30,31,32,33,34). The van der Waals surface area contributed by atoms with E-state index in [4.69, 9.17) is 16.0 Å². The first-order valence-electron chi connectivity index (χ1n) is 10.8. The summed E-state index contributed by atoms with van der Waals surface area (Å²) in [5, 5.41) is 11.2. The molecule has 0 radical (unpaired) electrons. The van der Waals surface area contributed by atoms with Gasteiger partial charge in [-0.05, 0) is 48.5 Å². The van der Waals surface area contributed by atoms with Crippen LogP contribution < -0.4 is 16.1 Å². The summed E-state index contributed by atoms with van der Waals surface area (Å²) in [4.78, 5) is 13.3. The highest BCUT2D eigenvalue weighted by atomic mass is 35.5. The number of hydrazone groups is 1. The molecule has 8 nitrogen and oxygen atoms in total. The van der Waals surface area contributed by atoms with Crippen molar-refractivity contribution in [3.05, 3.63) is 108 Å². The number of para-hydroxylation sites is 2. The van der Waals surface area contributed by atoms with Crippen molar-refractivity contribution in [1.82, 2.24) is 15.0 Å². The molecule has 172 valence electrons. The first-order valence-corrected chi connectivity index (χ1v) is 11.1. The number of aromatic nitrogens is 3. The quantitative estimate of drug-likeness (QED) is 0.167. The Bertz CT molecular complexity index is 1380. The van der Waals surface area contributed by atoms with Crippen LogP contribution in [0.25, 0.3) is 11.3 Å². The minimum atomic E-state index is 0.256. The largest absolute Gasteiger partial charge is 0.455 e. The number of furan rings is 1. The van der Waals surface area contributed by atoms with Crippen molar-refractivity contribution in [3.8, 4) is 11.3 Å². The van der Waals surface area contributed by atoms with Gasteiger partial charge in [-0.15, -0.1) is 0 Å². The lowest BCUT2D eigenvalue weighted by molar-refractivity contribution is 0.575. The van der Waals surface area contributed by atoms with Crippen molar-refractivity contribution in [2.75, 3.05) is 16.1 Å². The van der Waals surface area contributed by atoms with Crippen LogP contribution in [0.4, 0.5) is 29.2 Å². The van der Waals surface area contributed by atoms with Crippen LogP contribution in [0, 0.1) is 0 Å². The Hall–Kier alpha value is -4.69. The molecule has 3 aromatic carbocycles. The smallest absolute Gasteiger partial charge is 0.250 e. The van der Waals surface area contributed by atoms with E-state index >= 15 is 0 Å². The Morgan fingerprint density at radius 2 is 1.23 bits per heavy atom. The maximum absolute atomic E-state index is 6.26. The van der Waals surface area contributed by atoms with E-state index in [0.29, 0.717) is 28.4 Å². The number of halogens is 1. The molecule has 0 amide bonds. The number of rotatable bonds is 8. The number of benzene rings is 3. The molecule has 0 unspecified atom stereocenters. The van der Waals surface area contributed by atoms with Crippen LogP contribution in [-0.4, -0.2) is 21.2 Å². The van der Waals surface area contributed by atoms with Crippen LogP contribution in [0.1, 0.15) is 5.76 Å². The second-order valence-electron chi connectivity index (χ2n) is 7.34. The molecule has 0 atom stereocenters. The molecule has 0 aliphatic rings. The summed E-state index contributed by atoms with van der Waals surface area (Å²) >= 11 is 6.26. The Morgan fingerprint density at radius 1 is 0.657 bits per heavy atom. The van der Waals surface area contributed by atoms with Crippen molar-refractivity contribution < 1.29 is 4.42 Å². The third kappa shape index (κ3) is 5.82. The predicted octanol–water partition coefficient (Wildman–Crippen LogP) is 6.72. The van der Waals surface area contributed by atoms with Gasteiger partial charge in [0.2, 0.25) is 17.8 Å². The first-order chi connectivity index (χ1) is 17.2. The van der Waals surface area contributed by atoms with Crippen molar-refractivity contribution in [3.63, 3.8) is 0 Å². The third-order valence-corrected chi connectivity index (χ3v) is 5.15. The van der Waals surface area contributed by atoms with E-state index in [1.165, 1.54) is 0 Å². The molecule has 0 aliphatic heterocycles. The normalized spacial score (nSPS) is 10.9. The van der Waals surface area contributed by atoms with Crippen LogP contribution in [-0.2, 0) is 0 Å². The lowest BCUT2D eigenvalue weighted by Gasteiger charge is -2.10. The van der Waals surface area contributed by atoms with E-state index < -0.39 is 0 Å². The minimum Gasteiger partial charge on any atom is -0.455 e. The van der Waals surface area contributed by atoms with Crippen LogP contribution >= 0.6 is 11.6 Å². The van der Waals surface area contributed by atoms with Gasteiger partial charge in [-0.2, -0.15) is 20.1 Å². The second-order valence-corrected chi connectivity index (χ2v) is 7.75. The van der Waals surface area contributed by atoms with Gasteiger partial charge in [0.25, 0.3) is 0 Å². The maximum atomic E-state index is 6.26. The summed E-state index contributed by atoms with van der Waals surface area (Å²) in [5.41, 5.74) is 5.36. The van der Waals surface area contributed by atoms with Gasteiger partial charge in [0, 0.05) is 16.9 Å². The monoisotopic (exact) mass is 481 g/mol. The van der Waals surface area contributed by atoms with Crippen molar-refractivity contribution in [1.29, 1.82) is 0 Å². The molecule has 0 spiro atoms. The van der Waals surface area contributed by atoms with E-state index in [9.17, 15) is 0 Å². The summed E-state index contributed by atoms with van der Waals surface area (Å²) in [6.07, 6.45) is 1.54. The van der Waals surface area contributed by atoms with Crippen molar-refractivity contribution >= 4 is 47.0 Å². The molecule has 0 saturated heterocycles. The summed E-state index contributed by atoms with van der Waals surface area (Å²) in [5.74, 6) is 2.18. The Morgan fingerprint density at radius 3 is 1.86 bits per heavy atom. The molecular formula is C26H20ClN7O. The van der Waals surface area contributed by atoms with Gasteiger partial charge in [-0.3, -0.25) is 0 Å². The molecule has 2 aromatic heterocycles. The van der Waals surface area contributed by atoms with Gasteiger partial charge >= 0.3 is 0 Å². The fraction of sp³-hybridized carbons (Fsp3) is 0. The lowest BCUT2D eigenvalue weighted by atomic mass is 10.2. The minimum absolute atomic E-state index is 0.256. The average Bonchev–Trinajstić information content (AvgIpc) is 3.34. The fourth-order valence-corrected chi connectivity index (χ4v) is 3.45. The second kappa shape index (κ2) is 10.5. The molecule has 2 heterocycles. The molecule has 5 rings (SSSR count). The zero-order valence-electron chi connectivity index (χ0n) is 18.4. The van der Waals surface area contributed by atoms with Gasteiger partial charge in [0.15, 0.2) is 0 Å². The Labute approximate surface area is 206 Å². The van der Waals surface area contributed by atoms with Crippen LogP contribution in [0.15, 0.2) is 107 Å². The zero-order chi connectivity index (χ0) is 23.9. The maximum Gasteiger partial charge on any atom is 0.250 e. The van der Waals surface area contributed by atoms with Gasteiger partial charge in [0.05, 0.1) is 11.2 Å². The van der Waals surface area contributed by atoms with E-state index in [-0.39, 0.29) is 5.95 Å². The average molecular weight is 482 g/mol. The Kier molecular flexibility index (Phi) is 6.63. The number of nitrogens with one attached hydrogen (secondary N) is 3. The fourth-order valence-electron chi connectivity index (χ4n) is 3.22. The van der Waals surface area contributed by atoms with Gasteiger partial charge in [-0.1, -0.05) is 60.1 Å². The zero-order valence-corrected chi connectivity index (χ0v) is 19.1. The van der Waals surface area contributed by atoms with Crippen LogP contribution in [0.3, 0.4) is 0 Å². The summed E-state index contributed by atoms with van der Waals surface area (Å²) in [6, 6.07) is 30.4. The molecule has 0 saturated carbocycles. The Balaban J connectivity index is 1.35. The van der Waals surface area contributed by atoms with E-state index in [0.717, 1.165) is 16.9 Å². The highest BCUT2D eigenvalue weighted by Crippen LogP contribution is 2.28.